The van der Waals surface area contributed by atoms with Gasteiger partial charge in [-0.1, -0.05) is 20.8 Å². The Morgan fingerprint density at radius 1 is 1.43 bits per heavy atom. The molecule has 1 rings (SSSR count). The summed E-state index contributed by atoms with van der Waals surface area (Å²) in [6.07, 6.45) is 2.05. The molecule has 0 spiro atoms. The summed E-state index contributed by atoms with van der Waals surface area (Å²) in [5.74, 6) is 0.722. The van der Waals surface area contributed by atoms with Crippen LogP contribution in [0.15, 0.2) is 0 Å². The van der Waals surface area contributed by atoms with E-state index in [1.54, 1.807) is 0 Å². The fourth-order valence-corrected chi connectivity index (χ4v) is 1.51. The van der Waals surface area contributed by atoms with E-state index in [9.17, 15) is 5.11 Å². The van der Waals surface area contributed by atoms with Crippen molar-refractivity contribution >= 4 is 0 Å². The van der Waals surface area contributed by atoms with E-state index in [0.29, 0.717) is 11.7 Å². The molecule has 3 nitrogen and oxygen atoms in total. The number of rotatable bonds is 4. The van der Waals surface area contributed by atoms with Crippen LogP contribution in [0.5, 0.6) is 5.75 Å². The predicted octanol–water partition coefficient (Wildman–Crippen LogP) is 2.82. The van der Waals surface area contributed by atoms with Crippen molar-refractivity contribution in [1.82, 2.24) is 9.78 Å². The Labute approximate surface area is 85.8 Å². The van der Waals surface area contributed by atoms with E-state index >= 15 is 0 Å². The standard InChI is InChI=1S/C11H20N2O/c1-5-7-13-9(4)11(14)10(12-13)8(3)6-2/h8,14H,5-7H2,1-4H3. The summed E-state index contributed by atoms with van der Waals surface area (Å²) in [6.45, 7) is 9.12. The van der Waals surface area contributed by atoms with E-state index in [-0.39, 0.29) is 0 Å². The van der Waals surface area contributed by atoms with Crippen LogP contribution in [-0.4, -0.2) is 14.9 Å². The minimum Gasteiger partial charge on any atom is -0.504 e. The van der Waals surface area contributed by atoms with Crippen LogP contribution in [0.3, 0.4) is 0 Å². The maximum Gasteiger partial charge on any atom is 0.160 e. The van der Waals surface area contributed by atoms with Crippen molar-refractivity contribution in [1.29, 1.82) is 0 Å². The van der Waals surface area contributed by atoms with Crippen LogP contribution >= 0.6 is 0 Å². The normalized spacial score (nSPS) is 13.1. The van der Waals surface area contributed by atoms with Crippen LogP contribution in [0, 0.1) is 6.92 Å². The minimum absolute atomic E-state index is 0.340. The van der Waals surface area contributed by atoms with Crippen molar-refractivity contribution in [3.05, 3.63) is 11.4 Å². The molecule has 0 aromatic carbocycles. The van der Waals surface area contributed by atoms with Gasteiger partial charge in [-0.15, -0.1) is 0 Å². The lowest BCUT2D eigenvalue weighted by molar-refractivity contribution is 0.456. The molecule has 0 fully saturated rings. The number of nitrogens with zero attached hydrogens (tertiary/aromatic N) is 2. The van der Waals surface area contributed by atoms with Crippen LogP contribution in [0.2, 0.25) is 0 Å². The molecular formula is C11H20N2O. The molecule has 1 N–H and O–H groups in total. The number of hydrogen-bond acceptors (Lipinski definition) is 2. The molecule has 0 radical (unpaired) electrons. The molecule has 1 heterocycles. The molecule has 1 aromatic heterocycles. The maximum atomic E-state index is 9.86. The van der Waals surface area contributed by atoms with E-state index in [2.05, 4.69) is 25.9 Å². The fraction of sp³-hybridized carbons (Fsp3) is 0.727. The third-order valence-electron chi connectivity index (χ3n) is 2.72. The molecule has 0 bridgehead atoms. The first kappa shape index (κ1) is 11.1. The monoisotopic (exact) mass is 196 g/mol. The lowest BCUT2D eigenvalue weighted by Crippen LogP contribution is -2.02. The Bertz CT molecular complexity index is 304. The highest BCUT2D eigenvalue weighted by molar-refractivity contribution is 5.33. The third kappa shape index (κ3) is 1.91. The van der Waals surface area contributed by atoms with Gasteiger partial charge in [-0.05, 0) is 19.8 Å². The van der Waals surface area contributed by atoms with Gasteiger partial charge in [0.05, 0.1) is 5.69 Å². The highest BCUT2D eigenvalue weighted by Gasteiger charge is 2.17. The zero-order chi connectivity index (χ0) is 10.7. The largest absolute Gasteiger partial charge is 0.504 e. The van der Waals surface area contributed by atoms with Crippen LogP contribution in [0.25, 0.3) is 0 Å². The molecule has 1 atom stereocenters. The van der Waals surface area contributed by atoms with Gasteiger partial charge in [0, 0.05) is 12.5 Å². The van der Waals surface area contributed by atoms with E-state index in [1.165, 1.54) is 0 Å². The molecule has 80 valence electrons. The third-order valence-corrected chi connectivity index (χ3v) is 2.72. The van der Waals surface area contributed by atoms with Crippen molar-refractivity contribution in [2.24, 2.45) is 0 Å². The minimum atomic E-state index is 0.340. The second-order valence-corrected chi connectivity index (χ2v) is 3.85. The van der Waals surface area contributed by atoms with Gasteiger partial charge in [0.1, 0.15) is 5.69 Å². The Morgan fingerprint density at radius 3 is 2.57 bits per heavy atom. The van der Waals surface area contributed by atoms with Crippen molar-refractivity contribution in [3.8, 4) is 5.75 Å². The summed E-state index contributed by atoms with van der Waals surface area (Å²) in [7, 11) is 0. The molecule has 0 saturated carbocycles. The summed E-state index contributed by atoms with van der Waals surface area (Å²) in [5.41, 5.74) is 1.74. The zero-order valence-corrected chi connectivity index (χ0v) is 9.54. The van der Waals surface area contributed by atoms with Crippen molar-refractivity contribution in [2.75, 3.05) is 0 Å². The molecule has 0 aliphatic heterocycles. The Balaban J connectivity index is 3.01. The number of aromatic nitrogens is 2. The highest BCUT2D eigenvalue weighted by atomic mass is 16.3. The quantitative estimate of drug-likeness (QED) is 0.804. The second kappa shape index (κ2) is 4.49. The lowest BCUT2D eigenvalue weighted by atomic mass is 10.0. The second-order valence-electron chi connectivity index (χ2n) is 3.85. The molecule has 0 amide bonds. The summed E-state index contributed by atoms with van der Waals surface area (Å²) >= 11 is 0. The summed E-state index contributed by atoms with van der Waals surface area (Å²) in [6, 6.07) is 0. The van der Waals surface area contributed by atoms with Gasteiger partial charge in [0.15, 0.2) is 5.75 Å². The van der Waals surface area contributed by atoms with Crippen LogP contribution in [0.1, 0.15) is 50.9 Å². The summed E-state index contributed by atoms with van der Waals surface area (Å²) in [5, 5.41) is 14.3. The van der Waals surface area contributed by atoms with E-state index in [1.807, 2.05) is 11.6 Å². The molecule has 14 heavy (non-hydrogen) atoms. The van der Waals surface area contributed by atoms with Gasteiger partial charge in [-0.25, -0.2) is 0 Å². The Hall–Kier alpha value is -0.990. The first-order valence-corrected chi connectivity index (χ1v) is 5.38. The average molecular weight is 196 g/mol. The molecule has 0 aliphatic rings. The maximum absolute atomic E-state index is 9.86. The van der Waals surface area contributed by atoms with Gasteiger partial charge in [0.25, 0.3) is 0 Å². The van der Waals surface area contributed by atoms with Crippen LogP contribution in [0.4, 0.5) is 0 Å². The smallest absolute Gasteiger partial charge is 0.160 e. The van der Waals surface area contributed by atoms with E-state index in [0.717, 1.165) is 30.8 Å². The van der Waals surface area contributed by atoms with E-state index in [4.69, 9.17) is 0 Å². The molecule has 0 aliphatic carbocycles. The Morgan fingerprint density at radius 2 is 2.07 bits per heavy atom. The molecule has 1 aromatic rings. The first-order valence-electron chi connectivity index (χ1n) is 5.38. The van der Waals surface area contributed by atoms with Crippen molar-refractivity contribution < 1.29 is 5.11 Å². The molecular weight excluding hydrogens is 176 g/mol. The predicted molar refractivity (Wildman–Crippen MR) is 57.6 cm³/mol. The van der Waals surface area contributed by atoms with Gasteiger partial charge in [-0.3, -0.25) is 4.68 Å². The lowest BCUT2D eigenvalue weighted by Gasteiger charge is -2.03. The fourth-order valence-electron chi connectivity index (χ4n) is 1.51. The summed E-state index contributed by atoms with van der Waals surface area (Å²) < 4.78 is 1.90. The van der Waals surface area contributed by atoms with Crippen molar-refractivity contribution in [3.63, 3.8) is 0 Å². The highest BCUT2D eigenvalue weighted by Crippen LogP contribution is 2.29. The van der Waals surface area contributed by atoms with Gasteiger partial charge in [0.2, 0.25) is 0 Å². The topological polar surface area (TPSA) is 38.0 Å². The first-order chi connectivity index (χ1) is 6.61. The van der Waals surface area contributed by atoms with Crippen molar-refractivity contribution in [2.45, 2.75) is 53.0 Å². The number of aromatic hydroxyl groups is 1. The summed E-state index contributed by atoms with van der Waals surface area (Å²) in [4.78, 5) is 0. The molecule has 0 saturated heterocycles. The molecule has 3 heteroatoms. The van der Waals surface area contributed by atoms with Gasteiger partial charge < -0.3 is 5.11 Å². The SMILES string of the molecule is CCCn1nc(C(C)CC)c(O)c1C. The number of hydrogen-bond donors (Lipinski definition) is 1. The van der Waals surface area contributed by atoms with Gasteiger partial charge in [-0.2, -0.15) is 5.10 Å². The van der Waals surface area contributed by atoms with Crippen LogP contribution < -0.4 is 0 Å². The Kier molecular flexibility index (Phi) is 3.55. The zero-order valence-electron chi connectivity index (χ0n) is 9.54. The van der Waals surface area contributed by atoms with Crippen LogP contribution in [-0.2, 0) is 6.54 Å². The van der Waals surface area contributed by atoms with E-state index < -0.39 is 0 Å². The average Bonchev–Trinajstić information content (AvgIpc) is 2.46. The van der Waals surface area contributed by atoms with Gasteiger partial charge >= 0.3 is 0 Å². The molecule has 1 unspecified atom stereocenters. The number of aryl methyl sites for hydroxylation is 1.